The van der Waals surface area contributed by atoms with Crippen LogP contribution in [0.3, 0.4) is 0 Å². The van der Waals surface area contributed by atoms with E-state index in [1.807, 2.05) is 0 Å². The fraction of sp³-hybridized carbons (Fsp3) is 0.889. The molecule has 9 nitrogen and oxygen atoms in total. The topological polar surface area (TPSA) is 134 Å². The maximum atomic E-state index is 12.5. The number of phosphoric ester groups is 1. The zero-order valence-corrected chi connectivity index (χ0v) is 30.5. The average Bonchev–Trinajstić information content (AvgIpc) is 3.04. The number of unbranched alkanes of at least 4 members (excludes halogenated alkanes) is 20. The molecule has 0 saturated carbocycles. The van der Waals surface area contributed by atoms with Gasteiger partial charge in [0, 0.05) is 19.4 Å². The summed E-state index contributed by atoms with van der Waals surface area (Å²) in [7, 11) is -4.36. The van der Waals surface area contributed by atoms with Crippen LogP contribution in [-0.4, -0.2) is 49.3 Å². The molecule has 0 aliphatic heterocycles. The summed E-state index contributed by atoms with van der Waals surface area (Å²) in [5.74, 6) is -0.836. The minimum atomic E-state index is -4.36. The van der Waals surface area contributed by atoms with Crippen molar-refractivity contribution in [3.05, 3.63) is 12.2 Å². The van der Waals surface area contributed by atoms with Crippen LogP contribution < -0.4 is 5.73 Å². The molecule has 0 aromatic heterocycles. The van der Waals surface area contributed by atoms with E-state index in [1.54, 1.807) is 0 Å². The van der Waals surface area contributed by atoms with Crippen molar-refractivity contribution in [3.8, 4) is 0 Å². The van der Waals surface area contributed by atoms with Crippen LogP contribution in [0.2, 0.25) is 0 Å². The van der Waals surface area contributed by atoms with Gasteiger partial charge in [-0.1, -0.05) is 142 Å². The van der Waals surface area contributed by atoms with Crippen molar-refractivity contribution in [2.24, 2.45) is 5.73 Å². The lowest BCUT2D eigenvalue weighted by Crippen LogP contribution is -2.29. The summed E-state index contributed by atoms with van der Waals surface area (Å²) in [4.78, 5) is 34.6. The molecule has 0 saturated heterocycles. The molecule has 3 N–H and O–H groups in total. The van der Waals surface area contributed by atoms with Crippen LogP contribution in [0.1, 0.15) is 174 Å². The molecular formula is C36H70NO8P. The number of allylic oxidation sites excluding steroid dienone is 2. The predicted molar refractivity (Wildman–Crippen MR) is 188 cm³/mol. The molecule has 0 amide bonds. The van der Waals surface area contributed by atoms with Gasteiger partial charge in [0.2, 0.25) is 0 Å². The van der Waals surface area contributed by atoms with E-state index < -0.39 is 26.5 Å². The van der Waals surface area contributed by atoms with Gasteiger partial charge < -0.3 is 20.1 Å². The average molecular weight is 676 g/mol. The molecule has 272 valence electrons. The Balaban J connectivity index is 4.18. The predicted octanol–water partition coefficient (Wildman–Crippen LogP) is 9.88. The quantitative estimate of drug-likeness (QED) is 0.0291. The summed E-state index contributed by atoms with van der Waals surface area (Å²) in [6.45, 7) is 3.66. The summed E-state index contributed by atoms with van der Waals surface area (Å²) in [5.41, 5.74) is 5.32. The van der Waals surface area contributed by atoms with Crippen molar-refractivity contribution in [1.82, 2.24) is 0 Å². The van der Waals surface area contributed by atoms with E-state index in [0.717, 1.165) is 57.8 Å². The van der Waals surface area contributed by atoms with Crippen LogP contribution in [0.25, 0.3) is 0 Å². The van der Waals surface area contributed by atoms with Crippen LogP contribution in [0.5, 0.6) is 0 Å². The first kappa shape index (κ1) is 44.8. The van der Waals surface area contributed by atoms with Crippen molar-refractivity contribution in [2.75, 3.05) is 26.4 Å². The minimum absolute atomic E-state index is 0.0544. The maximum Gasteiger partial charge on any atom is 0.472 e. The number of rotatable bonds is 35. The van der Waals surface area contributed by atoms with Crippen molar-refractivity contribution < 1.29 is 37.6 Å². The van der Waals surface area contributed by atoms with E-state index in [1.165, 1.54) is 83.5 Å². The molecule has 0 aliphatic carbocycles. The first-order chi connectivity index (χ1) is 22.3. The highest BCUT2D eigenvalue weighted by molar-refractivity contribution is 7.47. The van der Waals surface area contributed by atoms with Gasteiger partial charge in [-0.25, -0.2) is 4.57 Å². The molecule has 0 aromatic carbocycles. The molecule has 0 aromatic rings. The Morgan fingerprint density at radius 3 is 1.63 bits per heavy atom. The van der Waals surface area contributed by atoms with Crippen LogP contribution in [0, 0.1) is 0 Å². The number of ether oxygens (including phenoxy) is 2. The van der Waals surface area contributed by atoms with Gasteiger partial charge in [0.05, 0.1) is 13.2 Å². The van der Waals surface area contributed by atoms with Gasteiger partial charge in [-0.3, -0.25) is 18.6 Å². The Kier molecular flexibility index (Phi) is 32.7. The number of hydrogen-bond acceptors (Lipinski definition) is 8. The molecule has 0 radical (unpaired) electrons. The lowest BCUT2D eigenvalue weighted by Gasteiger charge is -2.19. The Bertz CT molecular complexity index is 779. The molecule has 0 aliphatic rings. The number of esters is 2. The van der Waals surface area contributed by atoms with Crippen molar-refractivity contribution in [1.29, 1.82) is 0 Å². The van der Waals surface area contributed by atoms with E-state index in [4.69, 9.17) is 24.3 Å². The van der Waals surface area contributed by atoms with Gasteiger partial charge in [-0.15, -0.1) is 0 Å². The lowest BCUT2D eigenvalue weighted by molar-refractivity contribution is -0.161. The van der Waals surface area contributed by atoms with Gasteiger partial charge in [0.15, 0.2) is 6.10 Å². The minimum Gasteiger partial charge on any atom is -0.462 e. The molecule has 0 bridgehead atoms. The van der Waals surface area contributed by atoms with E-state index in [-0.39, 0.29) is 38.6 Å². The second-order valence-electron chi connectivity index (χ2n) is 12.4. The maximum absolute atomic E-state index is 12.5. The van der Waals surface area contributed by atoms with Gasteiger partial charge in [-0.05, 0) is 32.1 Å². The highest BCUT2D eigenvalue weighted by Gasteiger charge is 2.25. The second kappa shape index (κ2) is 33.6. The number of hydrogen-bond donors (Lipinski definition) is 2. The zero-order valence-electron chi connectivity index (χ0n) is 29.6. The molecular weight excluding hydrogens is 605 g/mol. The van der Waals surface area contributed by atoms with Crippen molar-refractivity contribution in [3.63, 3.8) is 0 Å². The third-order valence-corrected chi connectivity index (χ3v) is 8.87. The van der Waals surface area contributed by atoms with E-state index in [0.29, 0.717) is 6.42 Å². The summed E-state index contributed by atoms with van der Waals surface area (Å²) in [6.07, 6.45) is 31.0. The number of carbonyl (C=O) groups is 2. The van der Waals surface area contributed by atoms with Crippen LogP contribution in [0.15, 0.2) is 12.2 Å². The number of nitrogens with two attached hydrogens (primary N) is 1. The summed E-state index contributed by atoms with van der Waals surface area (Å²) in [5, 5.41) is 0. The Morgan fingerprint density at radius 2 is 1.11 bits per heavy atom. The Hall–Kier alpha value is -1.25. The Morgan fingerprint density at radius 1 is 0.630 bits per heavy atom. The molecule has 0 heterocycles. The number of phosphoric acid groups is 1. The van der Waals surface area contributed by atoms with Crippen molar-refractivity contribution >= 4 is 19.8 Å². The molecule has 46 heavy (non-hydrogen) atoms. The summed E-state index contributed by atoms with van der Waals surface area (Å²) < 4.78 is 32.6. The van der Waals surface area contributed by atoms with Gasteiger partial charge in [0.1, 0.15) is 6.61 Å². The zero-order chi connectivity index (χ0) is 34.0. The lowest BCUT2D eigenvalue weighted by atomic mass is 10.0. The van der Waals surface area contributed by atoms with E-state index in [2.05, 4.69) is 26.0 Å². The highest BCUT2D eigenvalue weighted by Crippen LogP contribution is 2.43. The monoisotopic (exact) mass is 675 g/mol. The second-order valence-corrected chi connectivity index (χ2v) is 13.9. The fourth-order valence-corrected chi connectivity index (χ4v) is 5.87. The molecule has 0 fully saturated rings. The van der Waals surface area contributed by atoms with Crippen molar-refractivity contribution in [2.45, 2.75) is 180 Å². The van der Waals surface area contributed by atoms with Crippen LogP contribution >= 0.6 is 7.82 Å². The third-order valence-electron chi connectivity index (χ3n) is 7.88. The number of carbonyl (C=O) groups excluding carboxylic acids is 2. The van der Waals surface area contributed by atoms with Gasteiger partial charge >= 0.3 is 19.8 Å². The van der Waals surface area contributed by atoms with Crippen LogP contribution in [0.4, 0.5) is 0 Å². The smallest absolute Gasteiger partial charge is 0.462 e. The van der Waals surface area contributed by atoms with Gasteiger partial charge in [0.25, 0.3) is 0 Å². The van der Waals surface area contributed by atoms with E-state index >= 15 is 0 Å². The summed E-state index contributed by atoms with van der Waals surface area (Å²) in [6, 6.07) is 0. The summed E-state index contributed by atoms with van der Waals surface area (Å²) >= 11 is 0. The standard InChI is InChI=1S/C36H70NO8P/c1-3-5-7-9-11-13-15-16-17-18-19-21-22-24-26-28-35(38)42-32-34(33-44-46(40,41)43-31-30-37)45-36(39)29-27-25-23-20-14-12-10-8-6-4-2/h8,10,34H,3-7,9,11-33,37H2,1-2H3,(H,40,41)/b10-8-. The fourth-order valence-electron chi connectivity index (χ4n) is 5.11. The van der Waals surface area contributed by atoms with E-state index in [9.17, 15) is 19.0 Å². The molecule has 10 heteroatoms. The largest absolute Gasteiger partial charge is 0.472 e. The molecule has 2 unspecified atom stereocenters. The Labute approximate surface area is 281 Å². The molecule has 2 atom stereocenters. The first-order valence-corrected chi connectivity index (χ1v) is 20.2. The molecule has 0 spiro atoms. The van der Waals surface area contributed by atoms with Gasteiger partial charge in [-0.2, -0.15) is 0 Å². The first-order valence-electron chi connectivity index (χ1n) is 18.7. The highest BCUT2D eigenvalue weighted by atomic mass is 31.2. The third kappa shape index (κ3) is 32.7. The van der Waals surface area contributed by atoms with Crippen LogP contribution in [-0.2, 0) is 32.7 Å². The molecule has 0 rings (SSSR count). The SMILES string of the molecule is CCC/C=C\CCCCCCCC(=O)OC(COC(=O)CCCCCCCCCCCCCCCCC)COP(=O)(O)OCCN. The normalized spacial score (nSPS) is 13.6.